The summed E-state index contributed by atoms with van der Waals surface area (Å²) in [6.45, 7) is 5.43. The van der Waals surface area contributed by atoms with Crippen LogP contribution in [0.3, 0.4) is 0 Å². The number of alkyl halides is 3. The third kappa shape index (κ3) is 10.7. The molecule has 2 heterocycles. The zero-order valence-electron chi connectivity index (χ0n) is 28.1. The number of ether oxygens (including phenoxy) is 1. The number of rotatable bonds is 11. The second-order valence-electron chi connectivity index (χ2n) is 13.0. The smallest absolute Gasteiger partial charge is 0.444 e. The number of amides is 4. The molecule has 0 spiro atoms. The summed E-state index contributed by atoms with van der Waals surface area (Å²) in [5.74, 6) is -7.61. The first-order valence-corrected chi connectivity index (χ1v) is 15.9. The van der Waals surface area contributed by atoms with Crippen LogP contribution in [0.5, 0.6) is 0 Å². The molecule has 0 saturated heterocycles. The van der Waals surface area contributed by atoms with Crippen LogP contribution < -0.4 is 16.0 Å². The molecule has 3 atom stereocenters. The van der Waals surface area contributed by atoms with Gasteiger partial charge in [0.25, 0.3) is 0 Å². The normalized spacial score (nSPS) is 14.9. The number of hydrogen-bond acceptors (Lipinski definition) is 7. The van der Waals surface area contributed by atoms with Crippen molar-refractivity contribution >= 4 is 23.8 Å². The molecule has 51 heavy (non-hydrogen) atoms. The lowest BCUT2D eigenvalue weighted by Crippen LogP contribution is -2.55. The van der Waals surface area contributed by atoms with Gasteiger partial charge in [-0.25, -0.2) is 18.0 Å². The molecular weight excluding hydrogens is 688 g/mol. The fourth-order valence-electron chi connectivity index (χ4n) is 5.29. The first-order valence-electron chi connectivity index (χ1n) is 15.9. The van der Waals surface area contributed by atoms with Crippen molar-refractivity contribution in [2.75, 3.05) is 6.54 Å². The highest BCUT2D eigenvalue weighted by Crippen LogP contribution is 2.29. The van der Waals surface area contributed by atoms with Gasteiger partial charge in [-0.15, -0.1) is 10.2 Å². The Kier molecular flexibility index (Phi) is 12.0. The molecule has 2 aromatic carbocycles. The molecule has 1 aliphatic rings. The van der Waals surface area contributed by atoms with E-state index in [0.29, 0.717) is 17.7 Å². The summed E-state index contributed by atoms with van der Waals surface area (Å²) in [5.41, 5.74) is -0.563. The van der Waals surface area contributed by atoms with E-state index in [-0.39, 0.29) is 37.4 Å². The Morgan fingerprint density at radius 3 is 2.18 bits per heavy atom. The zero-order chi connectivity index (χ0) is 37.7. The maximum atomic E-state index is 14.7. The highest BCUT2D eigenvalue weighted by atomic mass is 19.4. The lowest BCUT2D eigenvalue weighted by atomic mass is 10.0. The van der Waals surface area contributed by atoms with Gasteiger partial charge in [-0.05, 0) is 51.3 Å². The van der Waals surface area contributed by atoms with Crippen molar-refractivity contribution < 1.29 is 50.3 Å². The van der Waals surface area contributed by atoms with E-state index >= 15 is 0 Å². The average molecular weight is 726 g/mol. The van der Waals surface area contributed by atoms with Crippen molar-refractivity contribution in [3.05, 3.63) is 82.7 Å². The molecule has 18 heteroatoms. The Morgan fingerprint density at radius 1 is 0.863 bits per heavy atom. The van der Waals surface area contributed by atoms with Crippen LogP contribution in [-0.4, -0.2) is 73.8 Å². The Balaban J connectivity index is 1.49. The van der Waals surface area contributed by atoms with E-state index in [1.807, 2.05) is 0 Å². The van der Waals surface area contributed by atoms with E-state index in [1.165, 1.54) is 11.8 Å². The van der Waals surface area contributed by atoms with Crippen LogP contribution >= 0.6 is 0 Å². The molecule has 1 aliphatic heterocycles. The molecule has 3 aromatic rings. The van der Waals surface area contributed by atoms with Gasteiger partial charge in [0, 0.05) is 38.0 Å². The number of nitrogens with one attached hydrogen (secondary N) is 3. The number of aromatic nitrogens is 3. The number of halogens is 6. The van der Waals surface area contributed by atoms with Crippen LogP contribution in [0.1, 0.15) is 56.9 Å². The minimum Gasteiger partial charge on any atom is -0.444 e. The quantitative estimate of drug-likeness (QED) is 0.201. The molecule has 0 radical (unpaired) electrons. The minimum absolute atomic E-state index is 0.0286. The van der Waals surface area contributed by atoms with E-state index in [1.54, 1.807) is 51.1 Å². The monoisotopic (exact) mass is 725 g/mol. The fourth-order valence-corrected chi connectivity index (χ4v) is 5.29. The molecule has 4 amide bonds. The van der Waals surface area contributed by atoms with Gasteiger partial charge >= 0.3 is 12.3 Å². The van der Waals surface area contributed by atoms with Crippen molar-refractivity contribution in [1.82, 2.24) is 35.6 Å². The standard InChI is InChI=1S/C33H37F6N7O5/c1-18(40-29(49)25(12-19-8-6-5-7-9-19)42-31(50)51-32(2,3)4)28(48)41-21(13-20-14-23(35)24(36)16-22(20)34)15-27(47)45-10-11-46-26(17-45)43-44-30(46)33(37,38)39/h5-9,14,16,18,21,25H,10-13,15,17H2,1-4H3,(H,40,49)(H,41,48)(H,42,50). The first kappa shape index (κ1) is 38.6. The van der Waals surface area contributed by atoms with Crippen molar-refractivity contribution in [2.24, 2.45) is 0 Å². The van der Waals surface area contributed by atoms with Gasteiger partial charge < -0.3 is 30.2 Å². The van der Waals surface area contributed by atoms with Gasteiger partial charge in [0.1, 0.15) is 23.5 Å². The van der Waals surface area contributed by atoms with Gasteiger partial charge in [0.15, 0.2) is 17.5 Å². The number of fused-ring (bicyclic) bond motifs is 1. The lowest BCUT2D eigenvalue weighted by Gasteiger charge is -2.30. The van der Waals surface area contributed by atoms with E-state index in [4.69, 9.17) is 4.74 Å². The molecule has 0 saturated carbocycles. The summed E-state index contributed by atoms with van der Waals surface area (Å²) >= 11 is 0. The fraction of sp³-hybridized carbons (Fsp3) is 0.455. The van der Waals surface area contributed by atoms with Crippen LogP contribution in [0.2, 0.25) is 0 Å². The van der Waals surface area contributed by atoms with E-state index in [9.17, 15) is 45.5 Å². The highest BCUT2D eigenvalue weighted by molar-refractivity contribution is 5.91. The van der Waals surface area contributed by atoms with E-state index in [0.717, 1.165) is 4.57 Å². The maximum Gasteiger partial charge on any atom is 0.451 e. The zero-order valence-corrected chi connectivity index (χ0v) is 28.1. The summed E-state index contributed by atoms with van der Waals surface area (Å²) in [6, 6.07) is 5.85. The Labute approximate surface area is 288 Å². The molecule has 276 valence electrons. The molecular formula is C33H37F6N7O5. The summed E-state index contributed by atoms with van der Waals surface area (Å²) in [4.78, 5) is 53.8. The van der Waals surface area contributed by atoms with Gasteiger partial charge in [-0.3, -0.25) is 14.4 Å². The Hall–Kier alpha value is -5.16. The van der Waals surface area contributed by atoms with Gasteiger partial charge in [0.05, 0.1) is 6.54 Å². The third-order valence-electron chi connectivity index (χ3n) is 7.72. The molecule has 0 fully saturated rings. The van der Waals surface area contributed by atoms with Crippen LogP contribution in [0.15, 0.2) is 42.5 Å². The first-order chi connectivity index (χ1) is 23.8. The summed E-state index contributed by atoms with van der Waals surface area (Å²) < 4.78 is 88.3. The lowest BCUT2D eigenvalue weighted by molar-refractivity contribution is -0.148. The van der Waals surface area contributed by atoms with Crippen LogP contribution in [0, 0.1) is 17.5 Å². The topological polar surface area (TPSA) is 148 Å². The summed E-state index contributed by atoms with van der Waals surface area (Å²) in [5, 5.41) is 14.2. The molecule has 12 nitrogen and oxygen atoms in total. The molecule has 1 aromatic heterocycles. The van der Waals surface area contributed by atoms with Crippen molar-refractivity contribution in [2.45, 2.75) is 89.9 Å². The van der Waals surface area contributed by atoms with Crippen molar-refractivity contribution in [3.8, 4) is 0 Å². The van der Waals surface area contributed by atoms with E-state index < -0.39 is 89.8 Å². The van der Waals surface area contributed by atoms with Gasteiger partial charge in [-0.2, -0.15) is 13.2 Å². The second-order valence-corrected chi connectivity index (χ2v) is 13.0. The molecule has 0 aliphatic carbocycles. The number of nitrogens with zero attached hydrogens (tertiary/aromatic N) is 4. The average Bonchev–Trinajstić information content (AvgIpc) is 3.47. The number of hydrogen-bond donors (Lipinski definition) is 3. The molecule has 3 unspecified atom stereocenters. The molecule has 4 rings (SSSR count). The van der Waals surface area contributed by atoms with Gasteiger partial charge in [0.2, 0.25) is 23.5 Å². The van der Waals surface area contributed by atoms with Crippen LogP contribution in [0.25, 0.3) is 0 Å². The third-order valence-corrected chi connectivity index (χ3v) is 7.72. The van der Waals surface area contributed by atoms with Crippen LogP contribution in [-0.2, 0) is 51.2 Å². The maximum absolute atomic E-state index is 14.7. The van der Waals surface area contributed by atoms with Crippen LogP contribution in [0.4, 0.5) is 31.1 Å². The SMILES string of the molecule is CC(NC(=O)C(Cc1ccccc1)NC(=O)OC(C)(C)C)C(=O)NC(CC(=O)N1CCn2c(nnc2C(F)(F)F)C1)Cc1cc(F)c(F)cc1F. The van der Waals surface area contributed by atoms with E-state index in [2.05, 4.69) is 26.1 Å². The molecule has 3 N–H and O–H groups in total. The largest absolute Gasteiger partial charge is 0.451 e. The number of alkyl carbamates (subject to hydrolysis) is 1. The van der Waals surface area contributed by atoms with Gasteiger partial charge in [-0.1, -0.05) is 30.3 Å². The second kappa shape index (κ2) is 15.8. The highest BCUT2D eigenvalue weighted by Gasteiger charge is 2.40. The summed E-state index contributed by atoms with van der Waals surface area (Å²) in [7, 11) is 0. The van der Waals surface area contributed by atoms with Crippen molar-refractivity contribution in [3.63, 3.8) is 0 Å². The molecule has 0 bridgehead atoms. The number of benzene rings is 2. The predicted octanol–water partition coefficient (Wildman–Crippen LogP) is 3.81. The minimum atomic E-state index is -4.76. The van der Waals surface area contributed by atoms with Crippen molar-refractivity contribution in [1.29, 1.82) is 0 Å². The predicted molar refractivity (Wildman–Crippen MR) is 168 cm³/mol. The Morgan fingerprint density at radius 2 is 1.53 bits per heavy atom. The number of carbonyl (C=O) groups excluding carboxylic acids is 4. The Bertz CT molecular complexity index is 1750. The summed E-state index contributed by atoms with van der Waals surface area (Å²) in [6.07, 6.45) is -6.66. The number of carbonyl (C=O) groups is 4.